The number of nitrogens with zero attached hydrogens (tertiary/aromatic N) is 1. The van der Waals surface area contributed by atoms with Gasteiger partial charge >= 0.3 is 0 Å². The third-order valence-electron chi connectivity index (χ3n) is 2.83. The van der Waals surface area contributed by atoms with Crippen molar-refractivity contribution in [1.29, 1.82) is 0 Å². The van der Waals surface area contributed by atoms with Gasteiger partial charge in [-0.2, -0.15) is 5.10 Å². The third-order valence-corrected chi connectivity index (χ3v) is 3.09. The summed E-state index contributed by atoms with van der Waals surface area (Å²) in [6.45, 7) is 1.80. The van der Waals surface area contributed by atoms with Crippen LogP contribution in [0.25, 0.3) is 6.08 Å². The molecule has 0 saturated carbocycles. The summed E-state index contributed by atoms with van der Waals surface area (Å²) in [5, 5.41) is 4.52. The Labute approximate surface area is 140 Å². The molecule has 0 aliphatic rings. The van der Waals surface area contributed by atoms with Gasteiger partial charge in [0.05, 0.1) is 6.21 Å². The van der Waals surface area contributed by atoms with Crippen LogP contribution in [-0.2, 0) is 4.79 Å². The summed E-state index contributed by atoms with van der Waals surface area (Å²) < 4.78 is 5.32. The van der Waals surface area contributed by atoms with Crippen LogP contribution >= 0.6 is 11.6 Å². The van der Waals surface area contributed by atoms with Crippen LogP contribution in [0.15, 0.2) is 65.3 Å². The number of nitrogens with one attached hydrogen (secondary N) is 1. The fourth-order valence-corrected chi connectivity index (χ4v) is 1.89. The Kier molecular flexibility index (Phi) is 6.39. The maximum atomic E-state index is 11.6. The molecule has 0 aliphatic carbocycles. The van der Waals surface area contributed by atoms with Gasteiger partial charge in [0.15, 0.2) is 6.61 Å². The highest BCUT2D eigenvalue weighted by Crippen LogP contribution is 2.15. The number of amides is 1. The smallest absolute Gasteiger partial charge is 0.277 e. The van der Waals surface area contributed by atoms with E-state index >= 15 is 0 Å². The number of ether oxygens (including phenoxy) is 1. The lowest BCUT2D eigenvalue weighted by atomic mass is 10.1. The predicted octanol–water partition coefficient (Wildman–Crippen LogP) is 3.92. The molecule has 23 heavy (non-hydrogen) atoms. The summed E-state index contributed by atoms with van der Waals surface area (Å²) >= 11 is 5.77. The standard InChI is InChI=1S/C18H17ClN2O2/c1-14(11-15-5-3-2-4-6-15)12-20-21-18(22)13-23-17-9-7-16(19)8-10-17/h2-12H,13H2,1H3,(H,21,22)/b14-11-,20-12+. The first-order chi connectivity index (χ1) is 11.1. The topological polar surface area (TPSA) is 50.7 Å². The van der Waals surface area contributed by atoms with E-state index in [-0.39, 0.29) is 12.5 Å². The molecule has 1 N–H and O–H groups in total. The molecule has 2 rings (SSSR count). The number of hydrazone groups is 1. The van der Waals surface area contributed by atoms with E-state index < -0.39 is 0 Å². The average Bonchev–Trinajstić information content (AvgIpc) is 2.55. The van der Waals surface area contributed by atoms with Gasteiger partial charge in [-0.05, 0) is 42.3 Å². The SMILES string of the molecule is CC(=C/c1ccccc1)/C=N/NC(=O)COc1ccc(Cl)cc1. The summed E-state index contributed by atoms with van der Waals surface area (Å²) in [7, 11) is 0. The van der Waals surface area contributed by atoms with E-state index in [2.05, 4.69) is 10.5 Å². The monoisotopic (exact) mass is 328 g/mol. The number of carbonyl (C=O) groups excluding carboxylic acids is 1. The lowest BCUT2D eigenvalue weighted by Crippen LogP contribution is -2.24. The van der Waals surface area contributed by atoms with E-state index in [9.17, 15) is 4.79 Å². The lowest BCUT2D eigenvalue weighted by Gasteiger charge is -2.04. The Morgan fingerprint density at radius 2 is 1.87 bits per heavy atom. The van der Waals surface area contributed by atoms with Crippen LogP contribution in [0.1, 0.15) is 12.5 Å². The van der Waals surface area contributed by atoms with Gasteiger partial charge in [0.2, 0.25) is 0 Å². The van der Waals surface area contributed by atoms with Gasteiger partial charge in [0, 0.05) is 5.02 Å². The number of allylic oxidation sites excluding steroid dienone is 1. The molecule has 0 spiro atoms. The van der Waals surface area contributed by atoms with Crippen LogP contribution in [0.2, 0.25) is 5.02 Å². The molecule has 0 saturated heterocycles. The Morgan fingerprint density at radius 1 is 1.17 bits per heavy atom. The number of hydrogen-bond acceptors (Lipinski definition) is 3. The van der Waals surface area contributed by atoms with Gasteiger partial charge in [0.1, 0.15) is 5.75 Å². The normalized spacial score (nSPS) is 11.5. The van der Waals surface area contributed by atoms with Crippen molar-refractivity contribution in [2.45, 2.75) is 6.92 Å². The first-order valence-electron chi connectivity index (χ1n) is 7.07. The Balaban J connectivity index is 1.77. The molecule has 0 atom stereocenters. The van der Waals surface area contributed by atoms with E-state index in [1.807, 2.05) is 43.3 Å². The van der Waals surface area contributed by atoms with Gasteiger partial charge in [-0.25, -0.2) is 5.43 Å². The highest BCUT2D eigenvalue weighted by molar-refractivity contribution is 6.30. The number of benzene rings is 2. The van der Waals surface area contributed by atoms with Gasteiger partial charge in [0.25, 0.3) is 5.91 Å². The minimum Gasteiger partial charge on any atom is -0.484 e. The van der Waals surface area contributed by atoms with Gasteiger partial charge < -0.3 is 4.74 Å². The van der Waals surface area contributed by atoms with Crippen LogP contribution < -0.4 is 10.2 Å². The molecule has 2 aromatic rings. The van der Waals surface area contributed by atoms with Crippen molar-refractivity contribution in [1.82, 2.24) is 5.43 Å². The van der Waals surface area contributed by atoms with Gasteiger partial charge in [-0.1, -0.05) is 48.0 Å². The number of carbonyl (C=O) groups is 1. The van der Waals surface area contributed by atoms with Crippen molar-refractivity contribution in [2.24, 2.45) is 5.10 Å². The zero-order valence-corrected chi connectivity index (χ0v) is 13.5. The molecule has 0 aliphatic heterocycles. The molecule has 0 heterocycles. The fraction of sp³-hybridized carbons (Fsp3) is 0.111. The first kappa shape index (κ1) is 16.8. The van der Waals surface area contributed by atoms with E-state index in [1.165, 1.54) is 0 Å². The molecule has 1 amide bonds. The van der Waals surface area contributed by atoms with Crippen molar-refractivity contribution in [3.05, 3.63) is 70.8 Å². The first-order valence-corrected chi connectivity index (χ1v) is 7.45. The Morgan fingerprint density at radius 3 is 2.57 bits per heavy atom. The van der Waals surface area contributed by atoms with Crippen molar-refractivity contribution < 1.29 is 9.53 Å². The molecule has 2 aromatic carbocycles. The van der Waals surface area contributed by atoms with Gasteiger partial charge in [-0.15, -0.1) is 0 Å². The summed E-state index contributed by atoms with van der Waals surface area (Å²) in [4.78, 5) is 11.6. The summed E-state index contributed by atoms with van der Waals surface area (Å²) in [5.41, 5.74) is 4.42. The molecule has 0 aromatic heterocycles. The van der Waals surface area contributed by atoms with Crippen molar-refractivity contribution in [3.8, 4) is 5.75 Å². The summed E-state index contributed by atoms with van der Waals surface area (Å²) in [5.74, 6) is 0.248. The molecular formula is C18H17ClN2O2. The maximum Gasteiger partial charge on any atom is 0.277 e. The highest BCUT2D eigenvalue weighted by atomic mass is 35.5. The molecular weight excluding hydrogens is 312 g/mol. The maximum absolute atomic E-state index is 11.6. The second-order valence-electron chi connectivity index (χ2n) is 4.83. The second kappa shape index (κ2) is 8.76. The minimum atomic E-state index is -0.330. The average molecular weight is 329 g/mol. The lowest BCUT2D eigenvalue weighted by molar-refractivity contribution is -0.123. The second-order valence-corrected chi connectivity index (χ2v) is 5.27. The van der Waals surface area contributed by atoms with Crippen molar-refractivity contribution in [3.63, 3.8) is 0 Å². The molecule has 118 valence electrons. The fourth-order valence-electron chi connectivity index (χ4n) is 1.77. The zero-order valence-electron chi connectivity index (χ0n) is 12.7. The predicted molar refractivity (Wildman–Crippen MR) is 93.7 cm³/mol. The largest absolute Gasteiger partial charge is 0.484 e. The Hall–Kier alpha value is -2.59. The van der Waals surface area contributed by atoms with Gasteiger partial charge in [-0.3, -0.25) is 4.79 Å². The molecule has 5 heteroatoms. The summed E-state index contributed by atoms with van der Waals surface area (Å²) in [6.07, 6.45) is 3.56. The number of halogens is 1. The third kappa shape index (κ3) is 6.36. The summed E-state index contributed by atoms with van der Waals surface area (Å²) in [6, 6.07) is 16.7. The van der Waals surface area contributed by atoms with E-state index in [0.29, 0.717) is 10.8 Å². The van der Waals surface area contributed by atoms with Crippen LogP contribution in [0.3, 0.4) is 0 Å². The number of hydrogen-bond donors (Lipinski definition) is 1. The van der Waals surface area contributed by atoms with E-state index in [0.717, 1.165) is 11.1 Å². The molecule has 0 radical (unpaired) electrons. The van der Waals surface area contributed by atoms with E-state index in [4.69, 9.17) is 16.3 Å². The van der Waals surface area contributed by atoms with Crippen LogP contribution in [0.5, 0.6) is 5.75 Å². The molecule has 0 bridgehead atoms. The van der Waals surface area contributed by atoms with E-state index in [1.54, 1.807) is 30.5 Å². The molecule has 0 unspecified atom stereocenters. The number of rotatable bonds is 6. The zero-order chi connectivity index (χ0) is 16.5. The van der Waals surface area contributed by atoms with Crippen LogP contribution in [-0.4, -0.2) is 18.7 Å². The molecule has 4 nitrogen and oxygen atoms in total. The highest BCUT2D eigenvalue weighted by Gasteiger charge is 2.01. The van der Waals surface area contributed by atoms with Crippen LogP contribution in [0.4, 0.5) is 0 Å². The molecule has 0 fully saturated rings. The quantitative estimate of drug-likeness (QED) is 0.645. The Bertz CT molecular complexity index is 695. The minimum absolute atomic E-state index is 0.111. The van der Waals surface area contributed by atoms with Crippen molar-refractivity contribution >= 4 is 29.8 Å². The van der Waals surface area contributed by atoms with Crippen LogP contribution in [0, 0.1) is 0 Å². The van der Waals surface area contributed by atoms with Crippen molar-refractivity contribution in [2.75, 3.05) is 6.61 Å².